The largest absolute Gasteiger partial charge is 0.480 e. The van der Waals surface area contributed by atoms with Crippen LogP contribution in [0.1, 0.15) is 12.8 Å². The van der Waals surface area contributed by atoms with Gasteiger partial charge in [-0.15, -0.1) is 11.8 Å². The number of fused-ring (bicyclic) bond motifs is 2. The minimum absolute atomic E-state index is 0.0118. The lowest BCUT2D eigenvalue weighted by molar-refractivity contribution is -0.139. The summed E-state index contributed by atoms with van der Waals surface area (Å²) in [4.78, 5) is 46.5. The number of nitrogens with one attached hydrogen (secondary N) is 2. The topological polar surface area (TPSA) is 168 Å². The van der Waals surface area contributed by atoms with E-state index < -0.39 is 54.6 Å². The molecule has 0 fully saturated rings. The van der Waals surface area contributed by atoms with Crippen molar-refractivity contribution in [3.8, 4) is 0 Å². The normalized spacial score (nSPS) is 22.1. The first-order valence-electron chi connectivity index (χ1n) is 8.53. The molecule has 6 N–H and O–H groups in total. The van der Waals surface area contributed by atoms with Crippen LogP contribution in [0.2, 0.25) is 0 Å². The van der Waals surface area contributed by atoms with Gasteiger partial charge in [-0.1, -0.05) is 34.8 Å². The molecule has 2 amide bonds. The maximum absolute atomic E-state index is 12.3. The van der Waals surface area contributed by atoms with E-state index >= 15 is 0 Å². The maximum atomic E-state index is 12.3. The molecule has 0 aromatic carbocycles. The van der Waals surface area contributed by atoms with Crippen molar-refractivity contribution in [1.29, 1.82) is 0 Å². The summed E-state index contributed by atoms with van der Waals surface area (Å²) < 4.78 is 5.56. The van der Waals surface area contributed by atoms with Crippen molar-refractivity contribution in [3.05, 3.63) is 20.0 Å². The minimum Gasteiger partial charge on any atom is -0.480 e. The van der Waals surface area contributed by atoms with Gasteiger partial charge in [0.2, 0.25) is 11.8 Å². The van der Waals surface area contributed by atoms with Gasteiger partial charge in [0, 0.05) is 17.1 Å². The van der Waals surface area contributed by atoms with Gasteiger partial charge < -0.3 is 31.3 Å². The molecule has 0 aromatic rings. The van der Waals surface area contributed by atoms with Crippen LogP contribution < -0.4 is 16.4 Å². The number of amides is 2. The highest BCUT2D eigenvalue weighted by Crippen LogP contribution is 2.51. The van der Waals surface area contributed by atoms with E-state index in [2.05, 4.69) is 10.6 Å². The van der Waals surface area contributed by atoms with Crippen LogP contribution in [-0.2, 0) is 23.9 Å². The number of ether oxygens (including phenoxy) is 1. The van der Waals surface area contributed by atoms with Gasteiger partial charge in [-0.2, -0.15) is 0 Å². The molecule has 0 aromatic heterocycles. The molecule has 0 aliphatic carbocycles. The minimum atomic E-state index is -1.26. The van der Waals surface area contributed by atoms with Crippen molar-refractivity contribution in [2.24, 2.45) is 5.73 Å². The average Bonchev–Trinajstić information content (AvgIpc) is 3.16. The Morgan fingerprint density at radius 3 is 2.30 bits per heavy atom. The van der Waals surface area contributed by atoms with Crippen molar-refractivity contribution < 1.29 is 34.1 Å². The van der Waals surface area contributed by atoms with E-state index in [9.17, 15) is 19.2 Å². The molecule has 2 unspecified atom stereocenters. The number of carboxylic acids is 2. The second-order valence-corrected chi connectivity index (χ2v) is 8.61. The molecule has 166 valence electrons. The Kier molecular flexibility index (Phi) is 8.83. The van der Waals surface area contributed by atoms with E-state index in [1.165, 1.54) is 0 Å². The number of hydrogen-bond donors (Lipinski definition) is 5. The fourth-order valence-electron chi connectivity index (χ4n) is 2.57. The van der Waals surface area contributed by atoms with E-state index in [0.717, 1.165) is 11.8 Å². The molecule has 0 saturated heterocycles. The highest BCUT2D eigenvalue weighted by molar-refractivity contribution is 8.03. The van der Waals surface area contributed by atoms with Crippen LogP contribution >= 0.6 is 46.6 Å². The summed E-state index contributed by atoms with van der Waals surface area (Å²) in [7, 11) is 0. The van der Waals surface area contributed by atoms with Gasteiger partial charge >= 0.3 is 11.9 Å². The number of carbonyl (C=O) groups excluding carboxylic acids is 2. The third-order valence-electron chi connectivity index (χ3n) is 4.14. The van der Waals surface area contributed by atoms with Gasteiger partial charge in [0.05, 0.1) is 15.1 Å². The Labute approximate surface area is 190 Å². The van der Waals surface area contributed by atoms with Crippen LogP contribution in [0.3, 0.4) is 0 Å². The predicted molar refractivity (Wildman–Crippen MR) is 110 cm³/mol. The number of halogens is 3. The zero-order valence-corrected chi connectivity index (χ0v) is 18.3. The standard InChI is InChI=1S/C16H18Cl3N3O7S/c17-9-10(18)13-14(11(19)12(9)29-13)30-4-6(15(26)21-3-8(24)25)22-7(23)2-1-5(20)16(27)28/h5-6,12-13H,1-4,20H2,(H,21,26)(H,22,23)(H,24,25)(H,27,28)/t5-,6-,12?,13?/m0/s1. The Morgan fingerprint density at radius 2 is 1.73 bits per heavy atom. The lowest BCUT2D eigenvalue weighted by atomic mass is 10.1. The third-order valence-corrected chi connectivity index (χ3v) is 6.79. The van der Waals surface area contributed by atoms with E-state index in [4.69, 9.17) is 55.5 Å². The van der Waals surface area contributed by atoms with Gasteiger partial charge in [-0.25, -0.2) is 0 Å². The molecule has 14 heteroatoms. The second kappa shape index (κ2) is 10.7. The van der Waals surface area contributed by atoms with Crippen molar-refractivity contribution in [3.63, 3.8) is 0 Å². The molecule has 0 spiro atoms. The summed E-state index contributed by atoms with van der Waals surface area (Å²) in [5.41, 5.74) is 5.36. The summed E-state index contributed by atoms with van der Waals surface area (Å²) in [5, 5.41) is 23.0. The third kappa shape index (κ3) is 6.02. The van der Waals surface area contributed by atoms with Gasteiger partial charge in [-0.3, -0.25) is 19.2 Å². The van der Waals surface area contributed by atoms with Gasteiger partial charge in [0.25, 0.3) is 0 Å². The first kappa shape index (κ1) is 24.8. The molecule has 2 rings (SSSR count). The van der Waals surface area contributed by atoms with Crippen LogP contribution in [0.5, 0.6) is 0 Å². The van der Waals surface area contributed by atoms with Crippen LogP contribution in [0.4, 0.5) is 0 Å². The lowest BCUT2D eigenvalue weighted by Gasteiger charge is -2.20. The fraction of sp³-hybridized carbons (Fsp3) is 0.500. The summed E-state index contributed by atoms with van der Waals surface area (Å²) in [5.74, 6) is -3.88. The van der Waals surface area contributed by atoms with Gasteiger partial charge in [0.15, 0.2) is 0 Å². The number of aliphatic carboxylic acids is 2. The molecule has 10 nitrogen and oxygen atoms in total. The summed E-state index contributed by atoms with van der Waals surface area (Å²) in [6.07, 6.45) is -1.69. The Balaban J connectivity index is 2.01. The van der Waals surface area contributed by atoms with Crippen LogP contribution in [0, 0.1) is 0 Å². The summed E-state index contributed by atoms with van der Waals surface area (Å²) >= 11 is 19.5. The highest BCUT2D eigenvalue weighted by Gasteiger charge is 2.45. The zero-order chi connectivity index (χ0) is 22.6. The number of carbonyl (C=O) groups is 4. The van der Waals surface area contributed by atoms with Crippen LogP contribution in [0.25, 0.3) is 0 Å². The van der Waals surface area contributed by atoms with E-state index in [0.29, 0.717) is 9.94 Å². The zero-order valence-electron chi connectivity index (χ0n) is 15.2. The van der Waals surface area contributed by atoms with Gasteiger partial charge in [-0.05, 0) is 6.42 Å². The van der Waals surface area contributed by atoms with Gasteiger partial charge in [0.1, 0.15) is 30.8 Å². The molecule has 0 saturated carbocycles. The second-order valence-electron chi connectivity index (χ2n) is 6.33. The molecule has 2 aliphatic rings. The number of carboxylic acid groups (broad SMARTS) is 2. The molecule has 4 atom stereocenters. The van der Waals surface area contributed by atoms with E-state index in [-0.39, 0.29) is 28.7 Å². The molecule has 2 aliphatic heterocycles. The summed E-state index contributed by atoms with van der Waals surface area (Å²) in [6, 6.07) is -2.35. The number of rotatable bonds is 11. The van der Waals surface area contributed by atoms with E-state index in [1.807, 2.05) is 0 Å². The number of thioether (sulfide) groups is 1. The summed E-state index contributed by atoms with van der Waals surface area (Å²) in [6.45, 7) is -0.638. The smallest absolute Gasteiger partial charge is 0.322 e. The highest BCUT2D eigenvalue weighted by atomic mass is 35.5. The Bertz CT molecular complexity index is 820. The quantitative estimate of drug-likeness (QED) is 0.270. The van der Waals surface area contributed by atoms with Crippen molar-refractivity contribution in [2.45, 2.75) is 37.1 Å². The fourth-order valence-corrected chi connectivity index (χ4v) is 4.79. The number of nitrogens with two attached hydrogens (primary N) is 1. The molecule has 0 radical (unpaired) electrons. The van der Waals surface area contributed by atoms with Crippen LogP contribution in [0.15, 0.2) is 20.0 Å². The average molecular weight is 503 g/mol. The lowest BCUT2D eigenvalue weighted by Crippen LogP contribution is -2.49. The van der Waals surface area contributed by atoms with Crippen molar-refractivity contribution in [2.75, 3.05) is 12.3 Å². The predicted octanol–water partition coefficient (Wildman–Crippen LogP) is 0.518. The molecular formula is C16H18Cl3N3O7S. The SMILES string of the molecule is N[C@@H](CCC(=O)N[C@@H](CSC1=C(Cl)C2OC1C(Cl)=C2Cl)C(=O)NCC(=O)O)C(=O)O. The first-order chi connectivity index (χ1) is 14.0. The Morgan fingerprint density at radius 1 is 1.10 bits per heavy atom. The van der Waals surface area contributed by atoms with Crippen molar-refractivity contribution >= 4 is 70.3 Å². The monoisotopic (exact) mass is 501 g/mol. The Hall–Kier alpha value is -1.50. The first-order valence-corrected chi connectivity index (χ1v) is 10.6. The number of hydrogen-bond acceptors (Lipinski definition) is 7. The van der Waals surface area contributed by atoms with Crippen LogP contribution in [-0.4, -0.2) is 70.6 Å². The van der Waals surface area contributed by atoms with Crippen molar-refractivity contribution in [1.82, 2.24) is 10.6 Å². The molecular weight excluding hydrogens is 485 g/mol. The molecule has 2 heterocycles. The molecule has 30 heavy (non-hydrogen) atoms. The molecule has 2 bridgehead atoms. The maximum Gasteiger partial charge on any atom is 0.322 e. The van der Waals surface area contributed by atoms with E-state index in [1.54, 1.807) is 0 Å².